The number of methoxy groups -OCH3 is 1. The van der Waals surface area contributed by atoms with Gasteiger partial charge in [0.1, 0.15) is 17.6 Å². The van der Waals surface area contributed by atoms with Crippen LogP contribution in [0.4, 0.5) is 17.1 Å². The van der Waals surface area contributed by atoms with Crippen molar-refractivity contribution in [3.63, 3.8) is 0 Å². The number of fused-ring (bicyclic) bond motifs is 3. The largest absolute Gasteiger partial charge is 0.467 e. The Balaban J connectivity index is 1.47. The van der Waals surface area contributed by atoms with Crippen LogP contribution in [-0.4, -0.2) is 29.2 Å². The molecular formula is C32H30N4O3. The third-order valence-electron chi connectivity index (χ3n) is 7.73. The number of hydrogen-bond donors (Lipinski definition) is 1. The van der Waals surface area contributed by atoms with E-state index < -0.39 is 0 Å². The second kappa shape index (κ2) is 9.05. The summed E-state index contributed by atoms with van der Waals surface area (Å²) in [5, 5.41) is 3.81. The zero-order valence-electron chi connectivity index (χ0n) is 22.3. The predicted octanol–water partition coefficient (Wildman–Crippen LogP) is 6.95. The van der Waals surface area contributed by atoms with E-state index in [2.05, 4.69) is 65.0 Å². The minimum Gasteiger partial charge on any atom is -0.467 e. The van der Waals surface area contributed by atoms with Crippen molar-refractivity contribution >= 4 is 34.1 Å². The van der Waals surface area contributed by atoms with E-state index in [4.69, 9.17) is 14.1 Å². The lowest BCUT2D eigenvalue weighted by molar-refractivity contribution is 0.0601. The molecule has 196 valence electrons. The number of hydrogen-bond acceptors (Lipinski definition) is 6. The molecule has 39 heavy (non-hydrogen) atoms. The molecule has 7 nitrogen and oxygen atoms in total. The van der Waals surface area contributed by atoms with Crippen molar-refractivity contribution < 1.29 is 13.9 Å². The van der Waals surface area contributed by atoms with Gasteiger partial charge in [-0.15, -0.1) is 0 Å². The Hall–Kier alpha value is -4.52. The second-order valence-corrected chi connectivity index (χ2v) is 10.7. The molecule has 2 aliphatic rings. The molecule has 0 radical (unpaired) electrons. The van der Waals surface area contributed by atoms with E-state index in [1.807, 2.05) is 30.3 Å². The molecule has 0 aliphatic carbocycles. The van der Waals surface area contributed by atoms with Crippen molar-refractivity contribution in [2.75, 3.05) is 23.9 Å². The Morgan fingerprint density at radius 1 is 1.10 bits per heavy atom. The van der Waals surface area contributed by atoms with Gasteiger partial charge in [-0.3, -0.25) is 0 Å². The van der Waals surface area contributed by atoms with Gasteiger partial charge in [0.15, 0.2) is 0 Å². The Bertz CT molecular complexity index is 1720. The van der Waals surface area contributed by atoms with Crippen molar-refractivity contribution in [1.82, 2.24) is 9.55 Å². The van der Waals surface area contributed by atoms with Crippen LogP contribution < -0.4 is 10.2 Å². The van der Waals surface area contributed by atoms with Crippen LogP contribution in [0.5, 0.6) is 0 Å². The topological polar surface area (TPSA) is 72.5 Å². The molecule has 0 saturated carbocycles. The lowest BCUT2D eigenvalue weighted by Gasteiger charge is -2.25. The first-order valence-corrected chi connectivity index (χ1v) is 13.4. The van der Waals surface area contributed by atoms with E-state index in [-0.39, 0.29) is 12.0 Å². The monoisotopic (exact) mass is 518 g/mol. The number of aromatic nitrogens is 2. The number of imidazole rings is 1. The van der Waals surface area contributed by atoms with Gasteiger partial charge in [-0.25, -0.2) is 9.78 Å². The fourth-order valence-corrected chi connectivity index (χ4v) is 6.12. The number of benzene rings is 3. The minimum absolute atomic E-state index is 0.107. The maximum absolute atomic E-state index is 12.3. The lowest BCUT2D eigenvalue weighted by Crippen LogP contribution is -2.16. The number of carbonyl (C=O) groups is 1. The first-order valence-electron chi connectivity index (χ1n) is 13.4. The number of para-hydroxylation sites is 2. The fraction of sp³-hybridized carbons (Fsp3) is 0.250. The maximum Gasteiger partial charge on any atom is 0.337 e. The molecule has 7 rings (SSSR count). The van der Waals surface area contributed by atoms with Crippen LogP contribution in [0.2, 0.25) is 0 Å². The van der Waals surface area contributed by atoms with E-state index in [1.165, 1.54) is 23.9 Å². The molecule has 0 saturated heterocycles. The summed E-state index contributed by atoms with van der Waals surface area (Å²) in [6.07, 6.45) is 2.71. The van der Waals surface area contributed by atoms with E-state index >= 15 is 0 Å². The summed E-state index contributed by atoms with van der Waals surface area (Å²) < 4.78 is 13.2. The second-order valence-electron chi connectivity index (χ2n) is 10.7. The highest BCUT2D eigenvalue weighted by Gasteiger charge is 2.35. The summed E-state index contributed by atoms with van der Waals surface area (Å²) >= 11 is 0. The Kier molecular flexibility index (Phi) is 5.47. The Morgan fingerprint density at radius 2 is 1.97 bits per heavy atom. The van der Waals surface area contributed by atoms with Crippen molar-refractivity contribution in [3.05, 3.63) is 95.4 Å². The van der Waals surface area contributed by atoms with Crippen LogP contribution in [0, 0.1) is 5.92 Å². The molecule has 4 heterocycles. The summed E-state index contributed by atoms with van der Waals surface area (Å²) in [6.45, 7) is 6.11. The number of anilines is 3. The van der Waals surface area contributed by atoms with Gasteiger partial charge in [0, 0.05) is 24.2 Å². The molecule has 2 aromatic heterocycles. The van der Waals surface area contributed by atoms with E-state index in [9.17, 15) is 4.79 Å². The van der Waals surface area contributed by atoms with Crippen LogP contribution in [0.1, 0.15) is 47.1 Å². The van der Waals surface area contributed by atoms with Gasteiger partial charge in [0.05, 0.1) is 47.0 Å². The number of nitrogens with one attached hydrogen (secondary N) is 1. The number of nitrogens with zero attached hydrogens (tertiary/aromatic N) is 3. The van der Waals surface area contributed by atoms with Gasteiger partial charge >= 0.3 is 5.97 Å². The van der Waals surface area contributed by atoms with Gasteiger partial charge in [0.2, 0.25) is 0 Å². The van der Waals surface area contributed by atoms with E-state index in [0.717, 1.165) is 59.1 Å². The molecule has 0 fully saturated rings. The van der Waals surface area contributed by atoms with Gasteiger partial charge in [0.25, 0.3) is 0 Å². The molecule has 1 N–H and O–H groups in total. The van der Waals surface area contributed by atoms with Gasteiger partial charge in [-0.2, -0.15) is 0 Å². The van der Waals surface area contributed by atoms with Gasteiger partial charge in [-0.1, -0.05) is 38.1 Å². The molecule has 3 aromatic carbocycles. The summed E-state index contributed by atoms with van der Waals surface area (Å²) in [6, 6.07) is 22.5. The number of esters is 1. The molecule has 7 heteroatoms. The number of furan rings is 1. The molecule has 1 unspecified atom stereocenters. The smallest absolute Gasteiger partial charge is 0.337 e. The van der Waals surface area contributed by atoms with Gasteiger partial charge in [-0.05, 0) is 60.4 Å². The van der Waals surface area contributed by atoms with E-state index in [1.54, 1.807) is 6.26 Å². The van der Waals surface area contributed by atoms with Gasteiger partial charge < -0.3 is 23.9 Å². The summed E-state index contributed by atoms with van der Waals surface area (Å²) in [4.78, 5) is 19.9. The number of ether oxygens (including phenoxy) is 1. The molecule has 0 spiro atoms. The first kappa shape index (κ1) is 23.6. The molecule has 1 atom stereocenters. The maximum atomic E-state index is 12.3. The standard InChI is InChI=1S/C32H30N4O3/c1-19(2)18-36-26-13-12-21(32(37)38-3)17-25(26)34-31(36)23-9-5-10-24-30(23)35-15-14-20-7-4-8-22(29(20)35)28(33-24)27-11-6-16-39-27/h4-13,16-17,19,28,33H,14-15,18H2,1-3H3. The summed E-state index contributed by atoms with van der Waals surface area (Å²) in [5.41, 5.74) is 9.29. The van der Waals surface area contributed by atoms with Crippen LogP contribution in [0.3, 0.4) is 0 Å². The van der Waals surface area contributed by atoms with Crippen LogP contribution >= 0.6 is 0 Å². The molecular weight excluding hydrogens is 488 g/mol. The molecule has 5 aromatic rings. The summed E-state index contributed by atoms with van der Waals surface area (Å²) in [5.74, 6) is 1.82. The quantitative estimate of drug-likeness (QED) is 0.254. The van der Waals surface area contributed by atoms with Crippen molar-refractivity contribution in [3.8, 4) is 11.4 Å². The third kappa shape index (κ3) is 3.72. The SMILES string of the molecule is COC(=O)c1ccc2c(c1)nc(-c1cccc3c1N1CCc4cccc(c41)C(c1ccco1)N3)n2CC(C)C. The van der Waals surface area contributed by atoms with Crippen LogP contribution in [0.15, 0.2) is 77.4 Å². The highest BCUT2D eigenvalue weighted by Crippen LogP contribution is 2.51. The Labute approximate surface area is 227 Å². The number of carbonyl (C=O) groups excluding carboxylic acids is 1. The van der Waals surface area contributed by atoms with Crippen molar-refractivity contribution in [1.29, 1.82) is 0 Å². The first-order chi connectivity index (χ1) is 19.0. The van der Waals surface area contributed by atoms with Crippen LogP contribution in [-0.2, 0) is 17.7 Å². The predicted molar refractivity (Wildman–Crippen MR) is 153 cm³/mol. The highest BCUT2D eigenvalue weighted by atomic mass is 16.5. The zero-order valence-corrected chi connectivity index (χ0v) is 22.3. The summed E-state index contributed by atoms with van der Waals surface area (Å²) in [7, 11) is 1.40. The third-order valence-corrected chi connectivity index (χ3v) is 7.73. The highest BCUT2D eigenvalue weighted by molar-refractivity contribution is 5.97. The average molecular weight is 519 g/mol. The normalized spacial score (nSPS) is 15.7. The van der Waals surface area contributed by atoms with Crippen molar-refractivity contribution in [2.24, 2.45) is 5.92 Å². The zero-order chi connectivity index (χ0) is 26.7. The molecule has 0 amide bonds. The lowest BCUT2D eigenvalue weighted by atomic mass is 9.99. The Morgan fingerprint density at radius 3 is 2.77 bits per heavy atom. The average Bonchev–Trinajstić information content (AvgIpc) is 3.68. The molecule has 0 bridgehead atoms. The van der Waals surface area contributed by atoms with E-state index in [0.29, 0.717) is 11.5 Å². The number of rotatable bonds is 5. The minimum atomic E-state index is -0.361. The molecule has 2 aliphatic heterocycles. The fourth-order valence-electron chi connectivity index (χ4n) is 6.12. The van der Waals surface area contributed by atoms with Crippen molar-refractivity contribution in [2.45, 2.75) is 32.9 Å². The van der Waals surface area contributed by atoms with Crippen LogP contribution in [0.25, 0.3) is 22.4 Å².